The Kier molecular flexibility index (Phi) is 4.78. The van der Waals surface area contributed by atoms with Crippen molar-refractivity contribution in [2.75, 3.05) is 40.4 Å². The molecule has 116 valence electrons. The average Bonchev–Trinajstić information content (AvgIpc) is 2.52. The largest absolute Gasteiger partial charge is 0.493 e. The Morgan fingerprint density at radius 3 is 3.00 bits per heavy atom. The van der Waals surface area contributed by atoms with Gasteiger partial charge in [0, 0.05) is 19.1 Å². The Morgan fingerprint density at radius 2 is 2.19 bits per heavy atom. The van der Waals surface area contributed by atoms with Crippen LogP contribution in [0.2, 0.25) is 0 Å². The smallest absolute Gasteiger partial charge is 0.122 e. The minimum atomic E-state index is 0.281. The van der Waals surface area contributed by atoms with Gasteiger partial charge in [-0.1, -0.05) is 18.2 Å². The summed E-state index contributed by atoms with van der Waals surface area (Å²) in [6, 6.07) is 8.85. The van der Waals surface area contributed by atoms with Crippen molar-refractivity contribution in [2.45, 2.75) is 30.9 Å². The van der Waals surface area contributed by atoms with Crippen LogP contribution in [-0.4, -0.2) is 57.4 Å². The van der Waals surface area contributed by atoms with E-state index in [0.29, 0.717) is 12.0 Å². The zero-order chi connectivity index (χ0) is 14.7. The number of hydrogen-bond acceptors (Lipinski definition) is 4. The van der Waals surface area contributed by atoms with Gasteiger partial charge in [0.15, 0.2) is 0 Å². The van der Waals surface area contributed by atoms with Gasteiger partial charge >= 0.3 is 0 Å². The fraction of sp³-hybridized carbons (Fsp3) is 0.647. The number of para-hydroxylation sites is 1. The van der Waals surface area contributed by atoms with Crippen LogP contribution in [0, 0.1) is 0 Å². The second-order valence-corrected chi connectivity index (χ2v) is 6.17. The van der Waals surface area contributed by atoms with Crippen molar-refractivity contribution in [3.63, 3.8) is 0 Å². The summed E-state index contributed by atoms with van der Waals surface area (Å²) < 4.78 is 11.8. The molecule has 1 fully saturated rings. The van der Waals surface area contributed by atoms with Crippen LogP contribution < -0.4 is 10.1 Å². The van der Waals surface area contributed by atoms with Gasteiger partial charge in [-0.2, -0.15) is 0 Å². The molecule has 0 bridgehead atoms. The van der Waals surface area contributed by atoms with Gasteiger partial charge in [0.2, 0.25) is 0 Å². The molecule has 3 atom stereocenters. The maximum Gasteiger partial charge on any atom is 0.122 e. The lowest BCUT2D eigenvalue weighted by molar-refractivity contribution is -0.0402. The highest BCUT2D eigenvalue weighted by Crippen LogP contribution is 2.36. The van der Waals surface area contributed by atoms with Gasteiger partial charge in [-0.3, -0.25) is 0 Å². The van der Waals surface area contributed by atoms with Crippen molar-refractivity contribution in [1.82, 2.24) is 10.2 Å². The molecular weight excluding hydrogens is 264 g/mol. The predicted octanol–water partition coefficient (Wildman–Crippen LogP) is 1.86. The van der Waals surface area contributed by atoms with E-state index in [0.717, 1.165) is 44.9 Å². The van der Waals surface area contributed by atoms with Crippen LogP contribution in [-0.2, 0) is 4.74 Å². The Morgan fingerprint density at radius 1 is 1.33 bits per heavy atom. The Hall–Kier alpha value is -1.10. The van der Waals surface area contributed by atoms with Crippen molar-refractivity contribution < 1.29 is 9.47 Å². The first-order valence-corrected chi connectivity index (χ1v) is 7.97. The number of fused-ring (bicyclic) bond motifs is 1. The molecule has 0 amide bonds. The summed E-state index contributed by atoms with van der Waals surface area (Å²) in [5, 5.41) is 3.48. The topological polar surface area (TPSA) is 33.7 Å². The predicted molar refractivity (Wildman–Crippen MR) is 84.0 cm³/mol. The van der Waals surface area contributed by atoms with E-state index >= 15 is 0 Å². The highest BCUT2D eigenvalue weighted by molar-refractivity contribution is 5.37. The lowest BCUT2D eigenvalue weighted by Crippen LogP contribution is -2.50. The summed E-state index contributed by atoms with van der Waals surface area (Å²) in [6.07, 6.45) is 2.48. The van der Waals surface area contributed by atoms with E-state index in [1.807, 2.05) is 7.05 Å². The zero-order valence-corrected chi connectivity index (χ0v) is 13.0. The lowest BCUT2D eigenvalue weighted by Gasteiger charge is -2.37. The van der Waals surface area contributed by atoms with Crippen LogP contribution in [0.3, 0.4) is 0 Å². The molecule has 1 N–H and O–H groups in total. The summed E-state index contributed by atoms with van der Waals surface area (Å²) >= 11 is 0. The fourth-order valence-corrected chi connectivity index (χ4v) is 3.48. The van der Waals surface area contributed by atoms with Crippen LogP contribution >= 0.6 is 0 Å². The van der Waals surface area contributed by atoms with Crippen LogP contribution in [0.5, 0.6) is 5.75 Å². The zero-order valence-electron chi connectivity index (χ0n) is 13.0. The van der Waals surface area contributed by atoms with Gasteiger partial charge in [0.25, 0.3) is 0 Å². The van der Waals surface area contributed by atoms with Gasteiger partial charge in [-0.05, 0) is 44.5 Å². The van der Waals surface area contributed by atoms with E-state index in [1.54, 1.807) is 0 Å². The first-order valence-electron chi connectivity index (χ1n) is 7.97. The molecule has 0 spiro atoms. The summed E-state index contributed by atoms with van der Waals surface area (Å²) in [7, 11) is 4.22. The van der Waals surface area contributed by atoms with Crippen molar-refractivity contribution in [1.29, 1.82) is 0 Å². The molecule has 2 aliphatic rings. The molecule has 0 aliphatic carbocycles. The second kappa shape index (κ2) is 6.77. The first kappa shape index (κ1) is 14.8. The monoisotopic (exact) mass is 290 g/mol. The minimum absolute atomic E-state index is 0.281. The number of benzene rings is 1. The molecular formula is C17H26N2O2. The number of morpholine rings is 1. The fourth-order valence-electron chi connectivity index (χ4n) is 3.48. The number of nitrogens with zero attached hydrogens (tertiary/aromatic N) is 1. The SMILES string of the molecule is CNC(CC1CCOc2ccccc21)C1CN(C)CCO1. The summed E-state index contributed by atoms with van der Waals surface area (Å²) in [4.78, 5) is 2.36. The number of rotatable bonds is 4. The Bertz CT molecular complexity index is 466. The van der Waals surface area contributed by atoms with Crippen molar-refractivity contribution in [2.24, 2.45) is 0 Å². The minimum Gasteiger partial charge on any atom is -0.493 e. The molecule has 3 unspecified atom stereocenters. The summed E-state index contributed by atoms with van der Waals surface area (Å²) in [5.74, 6) is 1.62. The van der Waals surface area contributed by atoms with Crippen LogP contribution in [0.4, 0.5) is 0 Å². The van der Waals surface area contributed by atoms with Crippen molar-refractivity contribution >= 4 is 0 Å². The van der Waals surface area contributed by atoms with Gasteiger partial charge < -0.3 is 19.7 Å². The number of ether oxygens (including phenoxy) is 2. The maximum absolute atomic E-state index is 6.00. The Labute approximate surface area is 127 Å². The average molecular weight is 290 g/mol. The third-order valence-electron chi connectivity index (χ3n) is 4.74. The normalized spacial score (nSPS) is 27.7. The molecule has 2 aliphatic heterocycles. The molecule has 0 radical (unpaired) electrons. The van der Waals surface area contributed by atoms with Gasteiger partial charge in [0.05, 0.1) is 19.3 Å². The highest BCUT2D eigenvalue weighted by atomic mass is 16.5. The van der Waals surface area contributed by atoms with E-state index in [2.05, 4.69) is 41.5 Å². The van der Waals surface area contributed by atoms with Crippen molar-refractivity contribution in [3.05, 3.63) is 29.8 Å². The third kappa shape index (κ3) is 3.39. The summed E-state index contributed by atoms with van der Waals surface area (Å²) in [6.45, 7) is 3.71. The number of nitrogens with one attached hydrogen (secondary N) is 1. The van der Waals surface area contributed by atoms with Gasteiger partial charge in [-0.25, -0.2) is 0 Å². The lowest BCUT2D eigenvalue weighted by atomic mass is 9.86. The molecule has 1 saturated heterocycles. The van der Waals surface area contributed by atoms with E-state index in [-0.39, 0.29) is 6.10 Å². The van der Waals surface area contributed by atoms with Gasteiger partial charge in [-0.15, -0.1) is 0 Å². The van der Waals surface area contributed by atoms with Crippen LogP contribution in [0.25, 0.3) is 0 Å². The van der Waals surface area contributed by atoms with E-state index in [4.69, 9.17) is 9.47 Å². The maximum atomic E-state index is 6.00. The molecule has 1 aromatic carbocycles. The van der Waals surface area contributed by atoms with Crippen LogP contribution in [0.15, 0.2) is 24.3 Å². The summed E-state index contributed by atoms with van der Waals surface area (Å²) in [5.41, 5.74) is 1.35. The third-order valence-corrected chi connectivity index (χ3v) is 4.74. The quantitative estimate of drug-likeness (QED) is 0.918. The Balaban J connectivity index is 1.70. The molecule has 2 heterocycles. The first-order chi connectivity index (χ1) is 10.3. The number of likely N-dealkylation sites (N-methyl/N-ethyl adjacent to an activating group) is 2. The molecule has 4 heteroatoms. The van der Waals surface area contributed by atoms with E-state index < -0.39 is 0 Å². The standard InChI is InChI=1S/C17H26N2O2/c1-18-15(17-12-19(2)8-10-21-17)11-13-7-9-20-16-6-4-3-5-14(13)16/h3-6,13,15,17-18H,7-12H2,1-2H3. The highest BCUT2D eigenvalue weighted by Gasteiger charge is 2.30. The molecule has 0 aromatic heterocycles. The second-order valence-electron chi connectivity index (χ2n) is 6.17. The molecule has 4 nitrogen and oxygen atoms in total. The van der Waals surface area contributed by atoms with E-state index in [9.17, 15) is 0 Å². The number of hydrogen-bond donors (Lipinski definition) is 1. The van der Waals surface area contributed by atoms with Gasteiger partial charge in [0.1, 0.15) is 5.75 Å². The van der Waals surface area contributed by atoms with Crippen molar-refractivity contribution in [3.8, 4) is 5.75 Å². The van der Waals surface area contributed by atoms with Crippen LogP contribution in [0.1, 0.15) is 24.3 Å². The van der Waals surface area contributed by atoms with E-state index in [1.165, 1.54) is 5.56 Å². The molecule has 3 rings (SSSR count). The molecule has 1 aromatic rings. The molecule has 0 saturated carbocycles. The molecule has 21 heavy (non-hydrogen) atoms.